The van der Waals surface area contributed by atoms with Crippen LogP contribution < -0.4 is 0 Å². The van der Waals surface area contributed by atoms with E-state index in [-0.39, 0.29) is 0 Å². The molecule has 1 heterocycles. The zero-order chi connectivity index (χ0) is 4.24. The predicted octanol–water partition coefficient (Wildman–Crippen LogP) is 0.527. The lowest BCUT2D eigenvalue weighted by Crippen LogP contribution is -1.94. The smallest absolute Gasteiger partial charge is 0.281 e. The summed E-state index contributed by atoms with van der Waals surface area (Å²) < 4.78 is 0. The molecule has 0 N–H and O–H groups in total. The average molecular weight is 77.7 g/mol. The highest BCUT2D eigenvalue weighted by Gasteiger charge is 1.95. The van der Waals surface area contributed by atoms with Gasteiger partial charge in [0, 0.05) is 0 Å². The van der Waals surface area contributed by atoms with Crippen molar-refractivity contribution in [2.75, 3.05) is 0 Å². The summed E-state index contributed by atoms with van der Waals surface area (Å²) in [7, 11) is 3.64. The van der Waals surface area contributed by atoms with Crippen molar-refractivity contribution in [1.29, 1.82) is 0 Å². The topological polar surface area (TPSA) is 24.7 Å². The molecule has 0 aromatic carbocycles. The van der Waals surface area contributed by atoms with Crippen LogP contribution in [0.3, 0.4) is 0 Å². The lowest BCUT2D eigenvalue weighted by Gasteiger charge is -1.92. The van der Waals surface area contributed by atoms with Crippen molar-refractivity contribution in [3.8, 4) is 0 Å². The third-order valence-corrected chi connectivity index (χ3v) is 0.655. The Labute approximate surface area is 38.6 Å². The van der Waals surface area contributed by atoms with E-state index in [9.17, 15) is 0 Å². The van der Waals surface area contributed by atoms with E-state index in [1.165, 1.54) is 0 Å². The Morgan fingerprint density at radius 2 is 1.50 bits per heavy atom. The molecule has 1 rings (SSSR count). The van der Waals surface area contributed by atoms with E-state index < -0.39 is 0 Å². The van der Waals surface area contributed by atoms with Crippen LogP contribution in [0.4, 0.5) is 0 Å². The van der Waals surface area contributed by atoms with Crippen molar-refractivity contribution in [2.45, 2.75) is 12.6 Å². The van der Waals surface area contributed by atoms with Gasteiger partial charge in [-0.3, -0.25) is 10.1 Å². The van der Waals surface area contributed by atoms with Gasteiger partial charge < -0.3 is 0 Å². The van der Waals surface area contributed by atoms with Gasteiger partial charge in [0.25, 0.3) is 0 Å². The molecule has 0 saturated carbocycles. The Morgan fingerprint density at radius 3 is 1.67 bits per heavy atom. The highest BCUT2D eigenvalue weighted by Crippen LogP contribution is 1.95. The quantitative estimate of drug-likeness (QED) is 0.377. The maximum atomic E-state index is 3.62. The van der Waals surface area contributed by atoms with Crippen molar-refractivity contribution in [1.82, 2.24) is 0 Å². The van der Waals surface area contributed by atoms with E-state index >= 15 is 0 Å². The molecule has 0 saturated heterocycles. The normalized spacial score (nSPS) is 18.7. The summed E-state index contributed by atoms with van der Waals surface area (Å²) in [6.07, 6.45) is 2.12. The molecule has 0 spiro atoms. The zero-order valence-electron chi connectivity index (χ0n) is 3.46. The second-order valence-electron chi connectivity index (χ2n) is 1.17. The molecule has 1 aliphatic rings. The molecule has 28 valence electrons. The Hall–Kier alpha value is -0.270. The molecule has 0 unspecified atom stereocenters. The monoisotopic (exact) mass is 78.1 g/mol. The molecule has 0 aromatic heterocycles. The first-order valence-corrected chi connectivity index (χ1v) is 2.03. The SMILES string of the molecule is [B]1CC[B]N=N1. The van der Waals surface area contributed by atoms with Crippen LogP contribution in [0.15, 0.2) is 10.1 Å². The largest absolute Gasteiger partial charge is 0.302 e. The van der Waals surface area contributed by atoms with Crippen LogP contribution in [0.25, 0.3) is 0 Å². The van der Waals surface area contributed by atoms with Crippen LogP contribution >= 0.6 is 0 Å². The number of rotatable bonds is 0. The minimum absolute atomic E-state index is 1.06. The maximum absolute atomic E-state index is 3.62. The molecule has 0 amide bonds. The molecule has 0 aromatic rings. The summed E-state index contributed by atoms with van der Waals surface area (Å²) in [5, 5.41) is 7.24. The van der Waals surface area contributed by atoms with Crippen LogP contribution in [-0.4, -0.2) is 14.8 Å². The fraction of sp³-hybridized carbons (Fsp3) is 1.00. The minimum atomic E-state index is 1.06. The first-order valence-electron chi connectivity index (χ1n) is 2.03. The van der Waals surface area contributed by atoms with E-state index in [1.54, 1.807) is 0 Å². The average Bonchev–Trinajstić information content (AvgIpc) is 1.72. The Morgan fingerprint density at radius 1 is 1.00 bits per heavy atom. The summed E-state index contributed by atoms with van der Waals surface area (Å²) in [5.74, 6) is 0. The maximum Gasteiger partial charge on any atom is 0.302 e. The second kappa shape index (κ2) is 2.00. The minimum Gasteiger partial charge on any atom is -0.281 e. The number of nitrogens with zero attached hydrogens (tertiary/aromatic N) is 2. The van der Waals surface area contributed by atoms with Gasteiger partial charge >= 0.3 is 14.8 Å². The molecule has 2 nitrogen and oxygen atoms in total. The van der Waals surface area contributed by atoms with E-state index in [2.05, 4.69) is 10.1 Å². The van der Waals surface area contributed by atoms with Gasteiger partial charge in [0.05, 0.1) is 0 Å². The number of hydrogen-bond acceptors (Lipinski definition) is 2. The van der Waals surface area contributed by atoms with Crippen LogP contribution in [0.2, 0.25) is 12.6 Å². The third-order valence-electron chi connectivity index (χ3n) is 0.655. The van der Waals surface area contributed by atoms with Crippen LogP contribution in [0, 0.1) is 0 Å². The lowest BCUT2D eigenvalue weighted by atomic mass is 9.74. The van der Waals surface area contributed by atoms with E-state index in [0.29, 0.717) is 0 Å². The lowest BCUT2D eigenvalue weighted by molar-refractivity contribution is 1.26. The molecule has 0 aliphatic carbocycles. The molecule has 0 atom stereocenters. The van der Waals surface area contributed by atoms with Crippen molar-refractivity contribution in [2.24, 2.45) is 10.1 Å². The summed E-state index contributed by atoms with van der Waals surface area (Å²) in [5.41, 5.74) is 0. The van der Waals surface area contributed by atoms with Gasteiger partial charge in [-0.2, -0.15) is 0 Å². The molecular weight excluding hydrogens is 73.7 g/mol. The third kappa shape index (κ3) is 0.847. The van der Waals surface area contributed by atoms with Gasteiger partial charge in [0.1, 0.15) is 0 Å². The highest BCUT2D eigenvalue weighted by molar-refractivity contribution is 6.43. The molecule has 0 fully saturated rings. The predicted molar refractivity (Wildman–Crippen MR) is 26.0 cm³/mol. The van der Waals surface area contributed by atoms with E-state index in [1.807, 2.05) is 14.8 Å². The van der Waals surface area contributed by atoms with Gasteiger partial charge in [0.2, 0.25) is 0 Å². The molecule has 2 radical (unpaired) electrons. The van der Waals surface area contributed by atoms with Gasteiger partial charge in [0.15, 0.2) is 0 Å². The summed E-state index contributed by atoms with van der Waals surface area (Å²) >= 11 is 0. The van der Waals surface area contributed by atoms with Crippen LogP contribution in [-0.2, 0) is 0 Å². The van der Waals surface area contributed by atoms with Gasteiger partial charge in [-0.25, -0.2) is 0 Å². The highest BCUT2D eigenvalue weighted by atomic mass is 15.0. The Bertz CT molecular complexity index is 54.6. The molecular formula is C2H4B2N2. The van der Waals surface area contributed by atoms with Crippen LogP contribution in [0.5, 0.6) is 0 Å². The van der Waals surface area contributed by atoms with Crippen molar-refractivity contribution in [3.63, 3.8) is 0 Å². The summed E-state index contributed by atoms with van der Waals surface area (Å²) in [6.45, 7) is 0. The summed E-state index contributed by atoms with van der Waals surface area (Å²) in [6, 6.07) is 0. The summed E-state index contributed by atoms with van der Waals surface area (Å²) in [4.78, 5) is 0. The molecule has 6 heavy (non-hydrogen) atoms. The molecule has 0 bridgehead atoms. The first kappa shape index (κ1) is 3.90. The Kier molecular flexibility index (Phi) is 1.30. The van der Waals surface area contributed by atoms with Crippen molar-refractivity contribution in [3.05, 3.63) is 0 Å². The second-order valence-corrected chi connectivity index (χ2v) is 1.17. The van der Waals surface area contributed by atoms with Crippen molar-refractivity contribution >= 4 is 14.8 Å². The first-order chi connectivity index (χ1) is 3.00. The van der Waals surface area contributed by atoms with Gasteiger partial charge in [-0.1, -0.05) is 12.6 Å². The standard InChI is InChI=1S/C2H4B2N2/c1-2-4-6-5-3-1/h1-2H2. The van der Waals surface area contributed by atoms with E-state index in [0.717, 1.165) is 12.6 Å². The molecule has 1 aliphatic heterocycles. The van der Waals surface area contributed by atoms with Crippen LogP contribution in [0.1, 0.15) is 0 Å². The zero-order valence-corrected chi connectivity index (χ0v) is 3.46. The molecule has 4 heteroatoms. The van der Waals surface area contributed by atoms with Crippen molar-refractivity contribution < 1.29 is 0 Å². The fourth-order valence-electron chi connectivity index (χ4n) is 0.359. The van der Waals surface area contributed by atoms with Gasteiger partial charge in [-0.05, 0) is 0 Å². The Balaban J connectivity index is 2.26. The van der Waals surface area contributed by atoms with E-state index in [4.69, 9.17) is 0 Å². The van der Waals surface area contributed by atoms with Gasteiger partial charge in [-0.15, -0.1) is 0 Å². The number of hydrogen-bond donors (Lipinski definition) is 0. The fourth-order valence-corrected chi connectivity index (χ4v) is 0.359.